The van der Waals surface area contributed by atoms with E-state index in [9.17, 15) is 9.90 Å². The summed E-state index contributed by atoms with van der Waals surface area (Å²) in [5.74, 6) is 0.198. The first-order chi connectivity index (χ1) is 14.6. The summed E-state index contributed by atoms with van der Waals surface area (Å²) in [6.07, 6.45) is 10.7. The van der Waals surface area contributed by atoms with E-state index in [1.807, 2.05) is 66.7 Å². The molecule has 3 heteroatoms. The molecule has 0 aliphatic heterocycles. The fourth-order valence-corrected chi connectivity index (χ4v) is 4.00. The van der Waals surface area contributed by atoms with Gasteiger partial charge in [-0.1, -0.05) is 94.8 Å². The van der Waals surface area contributed by atoms with Crippen molar-refractivity contribution in [3.63, 3.8) is 0 Å². The average molecular weight is 457 g/mol. The molecule has 0 saturated carbocycles. The van der Waals surface area contributed by atoms with Crippen LogP contribution in [0.5, 0.6) is 5.75 Å². The van der Waals surface area contributed by atoms with Crippen molar-refractivity contribution >= 4 is 27.3 Å². The molecule has 0 bridgehead atoms. The van der Waals surface area contributed by atoms with Gasteiger partial charge in [-0.2, -0.15) is 0 Å². The third-order valence-corrected chi connectivity index (χ3v) is 5.91. The van der Waals surface area contributed by atoms with E-state index in [0.717, 1.165) is 15.6 Å². The van der Waals surface area contributed by atoms with E-state index in [0.29, 0.717) is 12.0 Å². The van der Waals surface area contributed by atoms with Gasteiger partial charge in [-0.3, -0.25) is 4.79 Å². The quantitative estimate of drug-likeness (QED) is 0.335. The average Bonchev–Trinajstić information content (AvgIpc) is 2.79. The minimum Gasteiger partial charge on any atom is -0.508 e. The Kier molecular flexibility index (Phi) is 5.82. The number of ketones is 1. The molecule has 1 unspecified atom stereocenters. The maximum absolute atomic E-state index is 12.7. The first-order valence-corrected chi connectivity index (χ1v) is 10.6. The molecule has 0 fully saturated rings. The Morgan fingerprint density at radius 2 is 1.63 bits per heavy atom. The van der Waals surface area contributed by atoms with Gasteiger partial charge in [-0.25, -0.2) is 0 Å². The number of carbonyl (C=O) groups excluding carboxylic acids is 1. The van der Waals surface area contributed by atoms with Crippen LogP contribution in [0.25, 0.3) is 5.57 Å². The van der Waals surface area contributed by atoms with Crippen LogP contribution >= 0.6 is 15.9 Å². The largest absolute Gasteiger partial charge is 0.508 e. The number of hydrogen-bond donors (Lipinski definition) is 1. The zero-order chi connectivity index (χ0) is 21.0. The highest BCUT2D eigenvalue weighted by Gasteiger charge is 2.30. The Morgan fingerprint density at radius 1 is 0.933 bits per heavy atom. The van der Waals surface area contributed by atoms with Gasteiger partial charge in [0.25, 0.3) is 0 Å². The number of carbonyl (C=O) groups is 1. The monoisotopic (exact) mass is 456 g/mol. The van der Waals surface area contributed by atoms with Crippen molar-refractivity contribution in [1.29, 1.82) is 0 Å². The van der Waals surface area contributed by atoms with E-state index in [2.05, 4.69) is 40.2 Å². The summed E-state index contributed by atoms with van der Waals surface area (Å²) in [5, 5.41) is 9.76. The third-order valence-electron chi connectivity index (χ3n) is 5.38. The molecule has 148 valence electrons. The van der Waals surface area contributed by atoms with Crippen LogP contribution in [0.15, 0.2) is 114 Å². The zero-order valence-electron chi connectivity index (χ0n) is 16.3. The molecule has 0 radical (unpaired) electrons. The van der Waals surface area contributed by atoms with E-state index in [4.69, 9.17) is 0 Å². The van der Waals surface area contributed by atoms with E-state index in [-0.39, 0.29) is 11.5 Å². The van der Waals surface area contributed by atoms with E-state index < -0.39 is 5.41 Å². The maximum atomic E-state index is 12.7. The second-order valence-electron chi connectivity index (χ2n) is 7.39. The van der Waals surface area contributed by atoms with Gasteiger partial charge in [0.1, 0.15) is 5.75 Å². The van der Waals surface area contributed by atoms with Gasteiger partial charge in [0, 0.05) is 15.5 Å². The molecule has 2 nitrogen and oxygen atoms in total. The SMILES string of the molecule is O=C(/C=C/C1(c2ccc(O)cc2)C=CC=C(c2ccc(Br)cc2)C1)c1ccccc1. The summed E-state index contributed by atoms with van der Waals surface area (Å²) in [6.45, 7) is 0. The van der Waals surface area contributed by atoms with Crippen LogP contribution in [-0.2, 0) is 5.41 Å². The number of halogens is 1. The minimum absolute atomic E-state index is 0.0260. The van der Waals surface area contributed by atoms with Crippen LogP contribution in [-0.4, -0.2) is 10.9 Å². The number of benzene rings is 3. The lowest BCUT2D eigenvalue weighted by Gasteiger charge is -2.32. The Balaban J connectivity index is 1.72. The third kappa shape index (κ3) is 4.37. The summed E-state index contributed by atoms with van der Waals surface area (Å²) in [6, 6.07) is 24.7. The molecule has 0 heterocycles. The lowest BCUT2D eigenvalue weighted by molar-refractivity contribution is 0.104. The number of hydrogen-bond acceptors (Lipinski definition) is 2. The van der Waals surface area contributed by atoms with Gasteiger partial charge in [0.05, 0.1) is 0 Å². The standard InChI is InChI=1S/C27H21BrO2/c28-24-12-8-20(9-13-24)22-7-4-17-27(19-22,23-10-14-25(29)15-11-23)18-16-26(30)21-5-2-1-3-6-21/h1-18,29H,19H2/b18-16+. The Labute approximate surface area is 185 Å². The lowest BCUT2D eigenvalue weighted by Crippen LogP contribution is -2.23. The van der Waals surface area contributed by atoms with Crippen LogP contribution in [0.3, 0.4) is 0 Å². The predicted molar refractivity (Wildman–Crippen MR) is 126 cm³/mol. The maximum Gasteiger partial charge on any atom is 0.185 e. The molecule has 3 aromatic rings. The molecule has 1 N–H and O–H groups in total. The summed E-state index contributed by atoms with van der Waals surface area (Å²) in [4.78, 5) is 12.7. The van der Waals surface area contributed by atoms with Gasteiger partial charge in [-0.15, -0.1) is 0 Å². The lowest BCUT2D eigenvalue weighted by atomic mass is 9.71. The van der Waals surface area contributed by atoms with Crippen LogP contribution in [0.2, 0.25) is 0 Å². The van der Waals surface area contributed by atoms with Gasteiger partial charge < -0.3 is 5.11 Å². The fraction of sp³-hybridized carbons (Fsp3) is 0.0741. The van der Waals surface area contributed by atoms with Crippen molar-refractivity contribution in [2.24, 2.45) is 0 Å². The number of rotatable bonds is 5. The molecule has 1 aliphatic carbocycles. The zero-order valence-corrected chi connectivity index (χ0v) is 17.9. The molecular weight excluding hydrogens is 436 g/mol. The first-order valence-electron chi connectivity index (χ1n) is 9.78. The normalized spacial score (nSPS) is 18.4. The number of aromatic hydroxyl groups is 1. The second kappa shape index (κ2) is 8.68. The molecule has 3 aromatic carbocycles. The van der Waals surface area contributed by atoms with Gasteiger partial charge in [-0.05, 0) is 53.5 Å². The van der Waals surface area contributed by atoms with Crippen molar-refractivity contribution in [2.75, 3.05) is 0 Å². The molecule has 0 saturated heterocycles. The molecular formula is C27H21BrO2. The van der Waals surface area contributed by atoms with Crippen molar-refractivity contribution < 1.29 is 9.90 Å². The van der Waals surface area contributed by atoms with Crippen LogP contribution in [0.4, 0.5) is 0 Å². The highest BCUT2D eigenvalue weighted by molar-refractivity contribution is 9.10. The van der Waals surface area contributed by atoms with Crippen LogP contribution < -0.4 is 0 Å². The van der Waals surface area contributed by atoms with Crippen molar-refractivity contribution in [2.45, 2.75) is 11.8 Å². The Bertz CT molecular complexity index is 1120. The Hall–Kier alpha value is -3.17. The molecule has 0 spiro atoms. The highest BCUT2D eigenvalue weighted by Crippen LogP contribution is 2.41. The van der Waals surface area contributed by atoms with Crippen LogP contribution in [0, 0.1) is 0 Å². The molecule has 30 heavy (non-hydrogen) atoms. The molecule has 1 aliphatic rings. The minimum atomic E-state index is -0.477. The van der Waals surface area contributed by atoms with E-state index in [1.165, 1.54) is 5.57 Å². The smallest absolute Gasteiger partial charge is 0.185 e. The number of phenolic OH excluding ortho intramolecular Hbond substituents is 1. The van der Waals surface area contributed by atoms with Gasteiger partial charge in [0.2, 0.25) is 0 Å². The van der Waals surface area contributed by atoms with Crippen molar-refractivity contribution in [3.8, 4) is 5.75 Å². The Morgan fingerprint density at radius 3 is 2.33 bits per heavy atom. The molecule has 0 amide bonds. The summed E-state index contributed by atoms with van der Waals surface area (Å²) < 4.78 is 1.04. The number of allylic oxidation sites excluding steroid dienone is 6. The number of phenols is 1. The summed E-state index contributed by atoms with van der Waals surface area (Å²) in [5.41, 5.74) is 3.55. The van der Waals surface area contributed by atoms with Gasteiger partial charge in [0.15, 0.2) is 5.78 Å². The predicted octanol–water partition coefficient (Wildman–Crippen LogP) is 6.88. The first kappa shape index (κ1) is 20.1. The summed E-state index contributed by atoms with van der Waals surface area (Å²) >= 11 is 3.49. The molecule has 0 aromatic heterocycles. The molecule has 1 atom stereocenters. The fourth-order valence-electron chi connectivity index (χ4n) is 3.73. The second-order valence-corrected chi connectivity index (χ2v) is 8.30. The van der Waals surface area contributed by atoms with E-state index in [1.54, 1.807) is 18.2 Å². The highest BCUT2D eigenvalue weighted by atomic mass is 79.9. The van der Waals surface area contributed by atoms with Crippen molar-refractivity contribution in [3.05, 3.63) is 130 Å². The van der Waals surface area contributed by atoms with E-state index >= 15 is 0 Å². The summed E-state index contributed by atoms with van der Waals surface area (Å²) in [7, 11) is 0. The van der Waals surface area contributed by atoms with Crippen LogP contribution in [0.1, 0.15) is 27.9 Å². The topological polar surface area (TPSA) is 37.3 Å². The van der Waals surface area contributed by atoms with Gasteiger partial charge >= 0.3 is 0 Å². The van der Waals surface area contributed by atoms with Crippen molar-refractivity contribution in [1.82, 2.24) is 0 Å². The molecule has 4 rings (SSSR count).